The Balaban J connectivity index is 1.51. The van der Waals surface area contributed by atoms with E-state index in [1.165, 1.54) is 17.7 Å². The van der Waals surface area contributed by atoms with Gasteiger partial charge in [0.05, 0.1) is 5.56 Å². The Morgan fingerprint density at radius 2 is 1.65 bits per heavy atom. The third-order valence-electron chi connectivity index (χ3n) is 5.87. The van der Waals surface area contributed by atoms with Gasteiger partial charge >= 0.3 is 6.18 Å². The highest BCUT2D eigenvalue weighted by Crippen LogP contribution is 2.49. The van der Waals surface area contributed by atoms with Gasteiger partial charge in [0.2, 0.25) is 0 Å². The van der Waals surface area contributed by atoms with Crippen LogP contribution in [-0.4, -0.2) is 18.1 Å². The normalized spacial score (nSPS) is 25.6. The topological polar surface area (TPSA) is 16.1 Å². The molecule has 2 aromatic rings. The van der Waals surface area contributed by atoms with E-state index in [1.54, 1.807) is 12.1 Å². The molecule has 1 saturated heterocycles. The molecule has 1 aromatic heterocycles. The highest BCUT2D eigenvalue weighted by Gasteiger charge is 2.44. The lowest BCUT2D eigenvalue weighted by molar-refractivity contribution is -0.138. The third kappa shape index (κ3) is 3.19. The van der Waals surface area contributed by atoms with Gasteiger partial charge in [-0.3, -0.25) is 0 Å². The summed E-state index contributed by atoms with van der Waals surface area (Å²) in [5.74, 6) is 1.91. The van der Waals surface area contributed by atoms with Crippen LogP contribution in [0.3, 0.4) is 0 Å². The zero-order valence-corrected chi connectivity index (χ0v) is 15.1. The van der Waals surface area contributed by atoms with E-state index < -0.39 is 11.7 Å². The number of aromatic nitrogens is 1. The Kier molecular flexibility index (Phi) is 4.20. The summed E-state index contributed by atoms with van der Waals surface area (Å²) in [6.07, 6.45) is -2.61. The zero-order chi connectivity index (χ0) is 18.5. The Morgan fingerprint density at radius 1 is 1.00 bits per heavy atom. The van der Waals surface area contributed by atoms with Crippen molar-refractivity contribution >= 4 is 5.82 Å². The lowest BCUT2D eigenvalue weighted by atomic mass is 9.91. The van der Waals surface area contributed by atoms with Crippen LogP contribution in [0.25, 0.3) is 0 Å². The summed E-state index contributed by atoms with van der Waals surface area (Å²) >= 11 is 0. The van der Waals surface area contributed by atoms with Gasteiger partial charge in [0, 0.05) is 18.8 Å². The van der Waals surface area contributed by atoms with Crippen molar-refractivity contribution in [2.24, 2.45) is 11.8 Å². The minimum Gasteiger partial charge on any atom is -0.356 e. The number of hydrogen-bond acceptors (Lipinski definition) is 2. The van der Waals surface area contributed by atoms with E-state index in [-0.39, 0.29) is 5.92 Å². The highest BCUT2D eigenvalue weighted by atomic mass is 19.4. The smallest absolute Gasteiger partial charge is 0.356 e. The molecule has 2 heterocycles. The molecule has 0 radical (unpaired) electrons. The number of fused-ring (bicyclic) bond motifs is 1. The summed E-state index contributed by atoms with van der Waals surface area (Å²) in [7, 11) is 0. The molecule has 0 unspecified atom stereocenters. The maximum atomic E-state index is 13.3. The van der Waals surface area contributed by atoms with Crippen LogP contribution >= 0.6 is 0 Å². The van der Waals surface area contributed by atoms with Gasteiger partial charge in [-0.2, -0.15) is 13.2 Å². The van der Waals surface area contributed by atoms with Crippen LogP contribution in [0.1, 0.15) is 41.1 Å². The van der Waals surface area contributed by atoms with Crippen LogP contribution in [0.5, 0.6) is 0 Å². The van der Waals surface area contributed by atoms with Gasteiger partial charge in [-0.15, -0.1) is 0 Å². The number of nitrogens with zero attached hydrogens (tertiary/aromatic N) is 2. The molecule has 3 atom stereocenters. The number of alkyl halides is 3. The average molecular weight is 360 g/mol. The quantitative estimate of drug-likeness (QED) is 0.718. The Hall–Kier alpha value is -2.04. The summed E-state index contributed by atoms with van der Waals surface area (Å²) < 4.78 is 40.0. The predicted molar refractivity (Wildman–Crippen MR) is 96.3 cm³/mol. The molecule has 2 aliphatic rings. The second kappa shape index (κ2) is 6.29. The number of anilines is 1. The number of aryl methyl sites for hydroxylation is 2. The van der Waals surface area contributed by atoms with Gasteiger partial charge in [-0.1, -0.05) is 18.2 Å². The fourth-order valence-corrected chi connectivity index (χ4v) is 4.83. The first kappa shape index (κ1) is 17.4. The zero-order valence-electron chi connectivity index (χ0n) is 15.1. The minimum atomic E-state index is -4.27. The average Bonchev–Trinajstić information content (AvgIpc) is 3.12. The van der Waals surface area contributed by atoms with Crippen LogP contribution in [-0.2, 0) is 6.18 Å². The van der Waals surface area contributed by atoms with Gasteiger partial charge in [0.25, 0.3) is 0 Å². The molecule has 1 aliphatic heterocycles. The van der Waals surface area contributed by atoms with Crippen LogP contribution < -0.4 is 4.90 Å². The number of hydrogen-bond donors (Lipinski definition) is 0. The number of rotatable bonds is 2. The van der Waals surface area contributed by atoms with E-state index in [2.05, 4.69) is 28.9 Å². The van der Waals surface area contributed by atoms with Crippen LogP contribution in [0, 0.1) is 25.7 Å². The van der Waals surface area contributed by atoms with Crippen LogP contribution in [0.4, 0.5) is 19.0 Å². The molecule has 1 aliphatic carbocycles. The van der Waals surface area contributed by atoms with Crippen LogP contribution in [0.15, 0.2) is 36.4 Å². The first-order valence-corrected chi connectivity index (χ1v) is 9.17. The number of pyridine rings is 1. The molecule has 4 rings (SSSR count). The molecule has 2 fully saturated rings. The van der Waals surface area contributed by atoms with Crippen molar-refractivity contribution in [3.63, 3.8) is 0 Å². The molecule has 0 spiro atoms. The lowest BCUT2D eigenvalue weighted by Gasteiger charge is -2.22. The molecule has 138 valence electrons. The van der Waals surface area contributed by atoms with Crippen molar-refractivity contribution < 1.29 is 13.2 Å². The van der Waals surface area contributed by atoms with Gasteiger partial charge < -0.3 is 4.90 Å². The number of benzene rings is 1. The number of halogens is 3. The van der Waals surface area contributed by atoms with Crippen LogP contribution in [0.2, 0.25) is 0 Å². The van der Waals surface area contributed by atoms with E-state index in [0.717, 1.165) is 37.4 Å². The fraction of sp³-hybridized carbons (Fsp3) is 0.476. The Labute approximate surface area is 152 Å². The molecular weight excluding hydrogens is 337 g/mol. The van der Waals surface area contributed by atoms with Crippen molar-refractivity contribution in [2.45, 2.75) is 38.8 Å². The van der Waals surface area contributed by atoms with Gasteiger partial charge in [-0.05, 0) is 73.8 Å². The monoisotopic (exact) mass is 360 g/mol. The van der Waals surface area contributed by atoms with E-state index in [1.807, 2.05) is 6.92 Å². The lowest BCUT2D eigenvalue weighted by Crippen LogP contribution is -2.23. The Bertz CT molecular complexity index is 781. The Morgan fingerprint density at radius 3 is 2.27 bits per heavy atom. The van der Waals surface area contributed by atoms with Gasteiger partial charge in [-0.25, -0.2) is 4.98 Å². The second-order valence-electron chi connectivity index (χ2n) is 7.82. The molecule has 26 heavy (non-hydrogen) atoms. The van der Waals surface area contributed by atoms with Gasteiger partial charge in [0.1, 0.15) is 5.82 Å². The molecule has 0 N–H and O–H groups in total. The molecule has 1 aromatic carbocycles. The van der Waals surface area contributed by atoms with E-state index in [0.29, 0.717) is 17.4 Å². The van der Waals surface area contributed by atoms with Crippen molar-refractivity contribution in [1.82, 2.24) is 4.98 Å². The maximum absolute atomic E-state index is 13.3. The van der Waals surface area contributed by atoms with Crippen molar-refractivity contribution in [2.75, 3.05) is 18.0 Å². The molecule has 5 heteroatoms. The minimum absolute atomic E-state index is 0.0113. The predicted octanol–water partition coefficient (Wildman–Crippen LogP) is 5.35. The molecule has 0 bridgehead atoms. The highest BCUT2D eigenvalue weighted by molar-refractivity contribution is 5.44. The largest absolute Gasteiger partial charge is 0.416 e. The second-order valence-corrected chi connectivity index (χ2v) is 7.82. The van der Waals surface area contributed by atoms with Crippen molar-refractivity contribution in [3.8, 4) is 0 Å². The van der Waals surface area contributed by atoms with Crippen molar-refractivity contribution in [1.29, 1.82) is 0 Å². The first-order chi connectivity index (χ1) is 12.3. The summed E-state index contributed by atoms with van der Waals surface area (Å²) in [4.78, 5) is 6.95. The first-order valence-electron chi connectivity index (χ1n) is 9.17. The fourth-order valence-electron chi connectivity index (χ4n) is 4.83. The molecule has 1 saturated carbocycles. The summed E-state index contributed by atoms with van der Waals surface area (Å²) in [5, 5.41) is 0. The summed E-state index contributed by atoms with van der Waals surface area (Å²) in [6, 6.07) is 10.3. The summed E-state index contributed by atoms with van der Waals surface area (Å²) in [6.45, 7) is 5.85. The molecule has 2 nitrogen and oxygen atoms in total. The SMILES string of the molecule is Cc1cc(C)nc(N2C[C@H]3C[C@@H](c4ccccc4C(F)(F)F)C[C@H]3C2)c1. The van der Waals surface area contributed by atoms with Crippen molar-refractivity contribution in [3.05, 3.63) is 58.8 Å². The maximum Gasteiger partial charge on any atom is 0.416 e. The van der Waals surface area contributed by atoms with E-state index in [4.69, 9.17) is 0 Å². The van der Waals surface area contributed by atoms with E-state index >= 15 is 0 Å². The molecule has 0 amide bonds. The molecular formula is C21H23F3N2. The van der Waals surface area contributed by atoms with Gasteiger partial charge in [0.15, 0.2) is 0 Å². The standard InChI is InChI=1S/C21H23F3N2/c1-13-7-14(2)25-20(8-13)26-11-16-9-15(10-17(16)12-26)18-5-3-4-6-19(18)21(22,23)24/h3-8,15-17H,9-12H2,1-2H3/t15-,16-,17+. The summed E-state index contributed by atoms with van der Waals surface area (Å²) in [5.41, 5.74) is 2.22. The van der Waals surface area contributed by atoms with E-state index in [9.17, 15) is 13.2 Å². The third-order valence-corrected chi connectivity index (χ3v) is 5.87.